The van der Waals surface area contributed by atoms with Gasteiger partial charge in [0.15, 0.2) is 0 Å². The van der Waals surface area contributed by atoms with Crippen LogP contribution in [0.5, 0.6) is 11.5 Å². The smallest absolute Gasteiger partial charge is 0.127 e. The molecule has 4 aromatic rings. The molecule has 4 heteroatoms. The number of hydrogen-bond acceptors (Lipinski definition) is 4. The van der Waals surface area contributed by atoms with Crippen molar-refractivity contribution in [3.05, 3.63) is 114 Å². The van der Waals surface area contributed by atoms with Crippen LogP contribution in [0.2, 0.25) is 0 Å². The van der Waals surface area contributed by atoms with E-state index in [1.165, 1.54) is 27.8 Å². The van der Waals surface area contributed by atoms with Crippen LogP contribution in [0.3, 0.4) is 0 Å². The molecule has 2 heterocycles. The van der Waals surface area contributed by atoms with Gasteiger partial charge in [0.25, 0.3) is 0 Å². The topological polar surface area (TPSA) is 43.5 Å². The third-order valence-electron chi connectivity index (χ3n) is 7.97. The van der Waals surface area contributed by atoms with Crippen molar-refractivity contribution in [2.24, 2.45) is 0 Å². The maximum absolute atomic E-state index is 6.19. The van der Waals surface area contributed by atoms with Gasteiger partial charge in [-0.25, -0.2) is 0 Å². The average Bonchev–Trinajstić information content (AvgIpc) is 3.96. The normalized spacial score (nSPS) is 21.4. The molecule has 1 aliphatic carbocycles. The van der Waals surface area contributed by atoms with Crippen LogP contribution in [0.15, 0.2) is 103 Å². The number of rotatable bonds is 10. The Hall–Kier alpha value is -3.86. The van der Waals surface area contributed by atoms with Crippen molar-refractivity contribution < 1.29 is 18.9 Å². The standard InChI is InChI=1S/C36H34O4/c1-3-8-25(9-4-1)33-19-29(14-16-35(33)39-23-31-21-37-31)27-12-7-13-28(18-27)30-15-17-36(40-24-32-22-38-32)34(20-30)26-10-5-2-6-11-26/h1-6,8-11,14-20,27,31-32H,7,12-13,21-24H2. The second-order valence-corrected chi connectivity index (χ2v) is 10.9. The van der Waals surface area contributed by atoms with Crippen LogP contribution in [-0.4, -0.2) is 38.6 Å². The van der Waals surface area contributed by atoms with E-state index in [4.69, 9.17) is 18.9 Å². The van der Waals surface area contributed by atoms with Crippen molar-refractivity contribution in [2.45, 2.75) is 37.4 Å². The van der Waals surface area contributed by atoms with Gasteiger partial charge in [-0.2, -0.15) is 0 Å². The molecule has 0 spiro atoms. The van der Waals surface area contributed by atoms with Gasteiger partial charge in [-0.1, -0.05) is 78.9 Å². The Bertz CT molecular complexity index is 1490. The lowest BCUT2D eigenvalue weighted by Crippen LogP contribution is -2.07. The van der Waals surface area contributed by atoms with Crippen LogP contribution in [-0.2, 0) is 9.47 Å². The highest BCUT2D eigenvalue weighted by Crippen LogP contribution is 2.41. The molecule has 4 nitrogen and oxygen atoms in total. The Morgan fingerprint density at radius 3 is 1.80 bits per heavy atom. The molecule has 0 saturated carbocycles. The molecule has 202 valence electrons. The minimum absolute atomic E-state index is 0.227. The molecule has 2 aliphatic heterocycles. The summed E-state index contributed by atoms with van der Waals surface area (Å²) in [6.45, 7) is 2.79. The molecule has 0 amide bonds. The van der Waals surface area contributed by atoms with Crippen molar-refractivity contribution in [3.63, 3.8) is 0 Å². The van der Waals surface area contributed by atoms with Crippen LogP contribution >= 0.6 is 0 Å². The summed E-state index contributed by atoms with van der Waals surface area (Å²) in [6.07, 6.45) is 6.31. The molecule has 2 saturated heterocycles. The van der Waals surface area contributed by atoms with Gasteiger partial charge in [0.1, 0.15) is 36.9 Å². The maximum Gasteiger partial charge on any atom is 0.127 e. The molecular formula is C36H34O4. The van der Waals surface area contributed by atoms with Crippen LogP contribution in [0, 0.1) is 0 Å². The largest absolute Gasteiger partial charge is 0.490 e. The zero-order valence-corrected chi connectivity index (χ0v) is 22.6. The zero-order chi connectivity index (χ0) is 26.7. The maximum atomic E-state index is 6.19. The van der Waals surface area contributed by atoms with E-state index in [2.05, 4.69) is 103 Å². The van der Waals surface area contributed by atoms with Gasteiger partial charge in [0.2, 0.25) is 0 Å². The lowest BCUT2D eigenvalue weighted by atomic mass is 9.82. The van der Waals surface area contributed by atoms with Crippen molar-refractivity contribution >= 4 is 5.57 Å². The summed E-state index contributed by atoms with van der Waals surface area (Å²) in [5, 5.41) is 0. The highest BCUT2D eigenvalue weighted by molar-refractivity contribution is 5.78. The first kappa shape index (κ1) is 25.1. The molecule has 3 aliphatic rings. The summed E-state index contributed by atoms with van der Waals surface area (Å²) in [5.74, 6) is 2.19. The van der Waals surface area contributed by atoms with Crippen LogP contribution in [0.25, 0.3) is 27.8 Å². The molecule has 3 unspecified atom stereocenters. The van der Waals surface area contributed by atoms with E-state index in [0.29, 0.717) is 19.1 Å². The first-order valence-corrected chi connectivity index (χ1v) is 14.4. The Morgan fingerprint density at radius 2 is 1.20 bits per heavy atom. The predicted molar refractivity (Wildman–Crippen MR) is 159 cm³/mol. The lowest BCUT2D eigenvalue weighted by Gasteiger charge is -2.24. The monoisotopic (exact) mass is 530 g/mol. The number of ether oxygens (including phenoxy) is 4. The molecule has 0 radical (unpaired) electrons. The Kier molecular flexibility index (Phi) is 7.11. The predicted octanol–water partition coefficient (Wildman–Crippen LogP) is 7.93. The fourth-order valence-corrected chi connectivity index (χ4v) is 5.57. The number of benzene rings is 4. The van der Waals surface area contributed by atoms with Gasteiger partial charge in [-0.05, 0) is 71.4 Å². The number of hydrogen-bond donors (Lipinski definition) is 0. The van der Waals surface area contributed by atoms with E-state index in [9.17, 15) is 0 Å². The Morgan fingerprint density at radius 1 is 0.625 bits per heavy atom. The first-order valence-electron chi connectivity index (χ1n) is 14.4. The summed E-state index contributed by atoms with van der Waals surface area (Å²) in [6, 6.07) is 34.5. The molecule has 2 fully saturated rings. The average molecular weight is 531 g/mol. The lowest BCUT2D eigenvalue weighted by molar-refractivity contribution is 0.264. The van der Waals surface area contributed by atoms with E-state index in [1.807, 2.05) is 0 Å². The minimum Gasteiger partial charge on any atom is -0.490 e. The summed E-state index contributed by atoms with van der Waals surface area (Å²) in [4.78, 5) is 0. The van der Waals surface area contributed by atoms with E-state index in [0.717, 1.165) is 55.1 Å². The summed E-state index contributed by atoms with van der Waals surface area (Å²) >= 11 is 0. The van der Waals surface area contributed by atoms with E-state index in [-0.39, 0.29) is 12.2 Å². The van der Waals surface area contributed by atoms with E-state index in [1.54, 1.807) is 0 Å². The van der Waals surface area contributed by atoms with Gasteiger partial charge < -0.3 is 18.9 Å². The SMILES string of the molecule is C1=C(c2ccc(OCC3CO3)c(-c3ccccc3)c2)CCCC1c1ccc(OCC2CO2)c(-c2ccccc2)c1. The van der Waals surface area contributed by atoms with Crippen molar-refractivity contribution in [1.29, 1.82) is 0 Å². The second kappa shape index (κ2) is 11.3. The molecule has 7 rings (SSSR count). The van der Waals surface area contributed by atoms with Crippen molar-refractivity contribution in [2.75, 3.05) is 26.4 Å². The highest BCUT2D eigenvalue weighted by Gasteiger charge is 2.25. The summed E-state index contributed by atoms with van der Waals surface area (Å²) in [5.41, 5.74) is 8.63. The van der Waals surface area contributed by atoms with Gasteiger partial charge in [0, 0.05) is 17.0 Å². The van der Waals surface area contributed by atoms with Crippen molar-refractivity contribution in [3.8, 4) is 33.8 Å². The fourth-order valence-electron chi connectivity index (χ4n) is 5.57. The molecule has 0 N–H and O–H groups in total. The van der Waals surface area contributed by atoms with Gasteiger partial charge in [-0.15, -0.1) is 0 Å². The second-order valence-electron chi connectivity index (χ2n) is 10.9. The quantitative estimate of drug-likeness (QED) is 0.195. The summed E-state index contributed by atoms with van der Waals surface area (Å²) < 4.78 is 23.1. The third-order valence-corrected chi connectivity index (χ3v) is 7.97. The third kappa shape index (κ3) is 5.84. The molecule has 40 heavy (non-hydrogen) atoms. The molecule has 0 bridgehead atoms. The number of allylic oxidation sites excluding steroid dienone is 2. The highest BCUT2D eigenvalue weighted by atomic mass is 16.6. The molecular weight excluding hydrogens is 496 g/mol. The summed E-state index contributed by atoms with van der Waals surface area (Å²) in [7, 11) is 0. The molecule has 3 atom stereocenters. The van der Waals surface area contributed by atoms with Gasteiger partial charge >= 0.3 is 0 Å². The fraction of sp³-hybridized carbons (Fsp3) is 0.278. The Labute approximate surface area is 236 Å². The van der Waals surface area contributed by atoms with Gasteiger partial charge in [-0.3, -0.25) is 0 Å². The minimum atomic E-state index is 0.227. The Balaban J connectivity index is 1.20. The van der Waals surface area contributed by atoms with Crippen LogP contribution < -0.4 is 9.47 Å². The molecule has 4 aromatic carbocycles. The van der Waals surface area contributed by atoms with E-state index < -0.39 is 0 Å². The number of epoxide rings is 2. The first-order chi connectivity index (χ1) is 19.8. The van der Waals surface area contributed by atoms with Crippen LogP contribution in [0.4, 0.5) is 0 Å². The van der Waals surface area contributed by atoms with E-state index >= 15 is 0 Å². The van der Waals surface area contributed by atoms with Crippen molar-refractivity contribution in [1.82, 2.24) is 0 Å². The van der Waals surface area contributed by atoms with Crippen LogP contribution in [0.1, 0.15) is 36.3 Å². The zero-order valence-electron chi connectivity index (χ0n) is 22.6. The molecule has 0 aromatic heterocycles. The van der Waals surface area contributed by atoms with Gasteiger partial charge in [0.05, 0.1) is 13.2 Å².